The summed E-state index contributed by atoms with van der Waals surface area (Å²) >= 11 is 0. The average Bonchev–Trinajstić information content (AvgIpc) is 2.48. The molecular weight excluding hydrogens is 282 g/mol. The monoisotopic (exact) mass is 305 g/mol. The van der Waals surface area contributed by atoms with Crippen LogP contribution in [0.25, 0.3) is 6.08 Å². The Balaban J connectivity index is 2.75. The van der Waals surface area contributed by atoms with E-state index in [-0.39, 0.29) is 5.92 Å². The number of carboxylic acid groups (broad SMARTS) is 1. The quantitative estimate of drug-likeness (QED) is 0.724. The number of carboxylic acids is 1. The minimum Gasteiger partial charge on any atom is -0.493 e. The molecule has 0 saturated carbocycles. The van der Waals surface area contributed by atoms with Crippen molar-refractivity contribution >= 4 is 18.0 Å². The summed E-state index contributed by atoms with van der Waals surface area (Å²) in [5.74, 6) is -0.961. The smallest absolute Gasteiger partial charge is 0.326 e. The maximum absolute atomic E-state index is 11.9. The second-order valence-corrected chi connectivity index (χ2v) is 5.29. The van der Waals surface area contributed by atoms with E-state index in [1.165, 1.54) is 6.08 Å². The number of carbonyl (C=O) groups is 2. The van der Waals surface area contributed by atoms with E-state index in [4.69, 9.17) is 9.84 Å². The van der Waals surface area contributed by atoms with Crippen molar-refractivity contribution < 1.29 is 19.4 Å². The number of benzene rings is 1. The molecular formula is C17H23NO4. The molecule has 2 N–H and O–H groups in total. The number of rotatable bonds is 8. The van der Waals surface area contributed by atoms with Crippen LogP contribution in [0.3, 0.4) is 0 Å². The van der Waals surface area contributed by atoms with Gasteiger partial charge in [-0.25, -0.2) is 4.79 Å². The summed E-state index contributed by atoms with van der Waals surface area (Å²) in [7, 11) is 0. The number of nitrogens with one attached hydrogen (secondary N) is 1. The number of amides is 1. The third-order valence-electron chi connectivity index (χ3n) is 3.03. The fraction of sp³-hybridized carbons (Fsp3) is 0.412. The Hall–Kier alpha value is -2.30. The molecule has 0 fully saturated rings. The van der Waals surface area contributed by atoms with E-state index >= 15 is 0 Å². The van der Waals surface area contributed by atoms with Gasteiger partial charge in [-0.1, -0.05) is 39.0 Å². The zero-order valence-electron chi connectivity index (χ0n) is 13.2. The molecule has 0 aliphatic rings. The van der Waals surface area contributed by atoms with Gasteiger partial charge >= 0.3 is 5.97 Å². The van der Waals surface area contributed by atoms with Crippen molar-refractivity contribution in [2.75, 3.05) is 6.61 Å². The first-order chi connectivity index (χ1) is 10.5. The van der Waals surface area contributed by atoms with Crippen LogP contribution < -0.4 is 10.1 Å². The van der Waals surface area contributed by atoms with E-state index < -0.39 is 17.9 Å². The van der Waals surface area contributed by atoms with E-state index in [1.807, 2.05) is 31.2 Å². The summed E-state index contributed by atoms with van der Waals surface area (Å²) in [5.41, 5.74) is 0.780. The van der Waals surface area contributed by atoms with Gasteiger partial charge in [-0.3, -0.25) is 4.79 Å². The van der Waals surface area contributed by atoms with Gasteiger partial charge in [-0.05, 0) is 24.5 Å². The fourth-order valence-corrected chi connectivity index (χ4v) is 1.84. The number of para-hydroxylation sites is 1. The minimum atomic E-state index is -1.04. The summed E-state index contributed by atoms with van der Waals surface area (Å²) in [6.45, 7) is 6.11. The molecule has 5 nitrogen and oxygen atoms in total. The van der Waals surface area contributed by atoms with Crippen molar-refractivity contribution in [2.24, 2.45) is 5.92 Å². The van der Waals surface area contributed by atoms with E-state index in [0.29, 0.717) is 12.4 Å². The lowest BCUT2D eigenvalue weighted by Crippen LogP contribution is -2.43. The SMILES string of the molecule is CCCOc1ccccc1/C=C/C(=O)NC(C(=O)O)C(C)C. The largest absolute Gasteiger partial charge is 0.493 e. The van der Waals surface area contributed by atoms with Crippen LogP contribution >= 0.6 is 0 Å². The van der Waals surface area contributed by atoms with Crippen molar-refractivity contribution in [3.63, 3.8) is 0 Å². The molecule has 22 heavy (non-hydrogen) atoms. The first-order valence-corrected chi connectivity index (χ1v) is 7.39. The maximum Gasteiger partial charge on any atom is 0.326 e. The van der Waals surface area contributed by atoms with Gasteiger partial charge in [0.15, 0.2) is 0 Å². The molecule has 0 saturated heterocycles. The van der Waals surface area contributed by atoms with E-state index in [0.717, 1.165) is 12.0 Å². The lowest BCUT2D eigenvalue weighted by atomic mass is 10.0. The molecule has 0 heterocycles. The Morgan fingerprint density at radius 2 is 2.00 bits per heavy atom. The number of hydrogen-bond donors (Lipinski definition) is 2. The van der Waals surface area contributed by atoms with E-state index in [9.17, 15) is 9.59 Å². The highest BCUT2D eigenvalue weighted by Gasteiger charge is 2.22. The van der Waals surface area contributed by atoms with Gasteiger partial charge in [0, 0.05) is 11.6 Å². The van der Waals surface area contributed by atoms with Crippen LogP contribution in [0, 0.1) is 5.92 Å². The van der Waals surface area contributed by atoms with E-state index in [1.54, 1.807) is 19.9 Å². The van der Waals surface area contributed by atoms with Gasteiger partial charge in [-0.2, -0.15) is 0 Å². The van der Waals surface area contributed by atoms with E-state index in [2.05, 4.69) is 5.32 Å². The lowest BCUT2D eigenvalue weighted by molar-refractivity contribution is -0.142. The van der Waals surface area contributed by atoms with Crippen LogP contribution in [-0.2, 0) is 9.59 Å². The standard InChI is InChI=1S/C17H23NO4/c1-4-11-22-14-8-6-5-7-13(14)9-10-15(19)18-16(12(2)3)17(20)21/h5-10,12,16H,4,11H2,1-3H3,(H,18,19)(H,20,21)/b10-9+. The molecule has 1 amide bonds. The first kappa shape index (κ1) is 17.8. The highest BCUT2D eigenvalue weighted by molar-refractivity contribution is 5.94. The predicted octanol–water partition coefficient (Wildman–Crippen LogP) is 2.71. The van der Waals surface area contributed by atoms with Gasteiger partial charge < -0.3 is 15.2 Å². The summed E-state index contributed by atoms with van der Waals surface area (Å²) < 4.78 is 5.60. The molecule has 1 aromatic rings. The fourth-order valence-electron chi connectivity index (χ4n) is 1.84. The predicted molar refractivity (Wildman–Crippen MR) is 85.7 cm³/mol. The second kappa shape index (κ2) is 8.87. The summed E-state index contributed by atoms with van der Waals surface area (Å²) in [6, 6.07) is 6.49. The minimum absolute atomic E-state index is 0.185. The number of aliphatic carboxylic acids is 1. The molecule has 0 aromatic heterocycles. The van der Waals surface area contributed by atoms with Gasteiger partial charge in [0.1, 0.15) is 11.8 Å². The van der Waals surface area contributed by atoms with Crippen molar-refractivity contribution in [2.45, 2.75) is 33.2 Å². The van der Waals surface area contributed by atoms with Crippen molar-refractivity contribution in [3.05, 3.63) is 35.9 Å². The van der Waals surface area contributed by atoms with Crippen molar-refractivity contribution in [3.8, 4) is 5.75 Å². The summed E-state index contributed by atoms with van der Waals surface area (Å²) in [6.07, 6.45) is 3.85. The van der Waals surface area contributed by atoms with Gasteiger partial charge in [0.25, 0.3) is 0 Å². The summed E-state index contributed by atoms with van der Waals surface area (Å²) in [4.78, 5) is 22.9. The van der Waals surface area contributed by atoms with Gasteiger partial charge in [0.2, 0.25) is 5.91 Å². The highest BCUT2D eigenvalue weighted by atomic mass is 16.5. The zero-order chi connectivity index (χ0) is 16.5. The third kappa shape index (κ3) is 5.60. The zero-order valence-corrected chi connectivity index (χ0v) is 13.2. The van der Waals surface area contributed by atoms with Crippen LogP contribution in [0.5, 0.6) is 5.75 Å². The van der Waals surface area contributed by atoms with Crippen molar-refractivity contribution in [1.82, 2.24) is 5.32 Å². The molecule has 0 bridgehead atoms. The molecule has 5 heteroatoms. The van der Waals surface area contributed by atoms with Gasteiger partial charge in [-0.15, -0.1) is 0 Å². The normalized spacial score (nSPS) is 12.4. The Morgan fingerprint density at radius 1 is 1.32 bits per heavy atom. The Morgan fingerprint density at radius 3 is 2.59 bits per heavy atom. The maximum atomic E-state index is 11.9. The van der Waals surface area contributed by atoms with Crippen LogP contribution in [0.4, 0.5) is 0 Å². The number of hydrogen-bond acceptors (Lipinski definition) is 3. The second-order valence-electron chi connectivity index (χ2n) is 5.29. The Bertz CT molecular complexity index is 537. The molecule has 0 aliphatic heterocycles. The Labute approximate surface area is 131 Å². The first-order valence-electron chi connectivity index (χ1n) is 7.39. The molecule has 0 spiro atoms. The van der Waals surface area contributed by atoms with Crippen LogP contribution in [0.1, 0.15) is 32.8 Å². The molecule has 120 valence electrons. The molecule has 1 unspecified atom stereocenters. The third-order valence-corrected chi connectivity index (χ3v) is 3.03. The lowest BCUT2D eigenvalue weighted by Gasteiger charge is -2.16. The summed E-state index contributed by atoms with van der Waals surface area (Å²) in [5, 5.41) is 11.5. The molecule has 0 radical (unpaired) electrons. The number of ether oxygens (including phenoxy) is 1. The highest BCUT2D eigenvalue weighted by Crippen LogP contribution is 2.19. The van der Waals surface area contributed by atoms with Crippen LogP contribution in [0.2, 0.25) is 0 Å². The molecule has 1 aromatic carbocycles. The van der Waals surface area contributed by atoms with Crippen LogP contribution in [0.15, 0.2) is 30.3 Å². The topological polar surface area (TPSA) is 75.6 Å². The van der Waals surface area contributed by atoms with Crippen molar-refractivity contribution in [1.29, 1.82) is 0 Å². The molecule has 0 aliphatic carbocycles. The number of carbonyl (C=O) groups excluding carboxylic acids is 1. The van der Waals surface area contributed by atoms with Gasteiger partial charge in [0.05, 0.1) is 6.61 Å². The average molecular weight is 305 g/mol. The van der Waals surface area contributed by atoms with Crippen LogP contribution in [-0.4, -0.2) is 29.6 Å². The Kier molecular flexibility index (Phi) is 7.16. The molecule has 1 rings (SSSR count). The molecule has 1 atom stereocenters.